The molecule has 1 unspecified atom stereocenters. The summed E-state index contributed by atoms with van der Waals surface area (Å²) in [5.41, 5.74) is 3.04. The monoisotopic (exact) mass is 325 g/mol. The Morgan fingerprint density at radius 3 is 3.06 bits per heavy atom. The molecule has 1 aliphatic rings. The Morgan fingerprint density at radius 1 is 1.39 bits per heavy atom. The lowest BCUT2D eigenvalue weighted by atomic mass is 10.0. The third-order valence-electron chi connectivity index (χ3n) is 3.27. The smallest absolute Gasteiger partial charge is 0.132 e. The lowest BCUT2D eigenvalue weighted by molar-refractivity contribution is 0.345. The SMILES string of the molecule is FC(Cc1sccc1Br)c1cccc2c1NCC2. The Balaban J connectivity index is 1.87. The highest BCUT2D eigenvalue weighted by molar-refractivity contribution is 9.10. The third-order valence-corrected chi connectivity index (χ3v) is 5.22. The molecule has 3 rings (SSSR count). The van der Waals surface area contributed by atoms with Gasteiger partial charge in [0.05, 0.1) is 0 Å². The number of nitrogens with one attached hydrogen (secondary N) is 1. The number of alkyl halides is 1. The normalized spacial score (nSPS) is 15.2. The van der Waals surface area contributed by atoms with Gasteiger partial charge in [0.25, 0.3) is 0 Å². The standard InChI is InChI=1S/C14H13BrFNS/c15-11-5-7-18-13(11)8-12(16)10-3-1-2-9-4-6-17-14(9)10/h1-3,5,7,12,17H,4,6,8H2. The fraction of sp³-hybridized carbons (Fsp3) is 0.286. The van der Waals surface area contributed by atoms with Crippen LogP contribution in [0.2, 0.25) is 0 Å². The highest BCUT2D eigenvalue weighted by Crippen LogP contribution is 2.36. The second kappa shape index (κ2) is 5.02. The van der Waals surface area contributed by atoms with Gasteiger partial charge in [-0.25, -0.2) is 4.39 Å². The quantitative estimate of drug-likeness (QED) is 0.860. The van der Waals surface area contributed by atoms with E-state index in [9.17, 15) is 4.39 Å². The molecule has 4 heteroatoms. The molecule has 2 aromatic rings. The van der Waals surface area contributed by atoms with E-state index in [-0.39, 0.29) is 0 Å². The van der Waals surface area contributed by atoms with E-state index in [2.05, 4.69) is 27.3 Å². The molecular weight excluding hydrogens is 313 g/mol. The fourth-order valence-corrected chi connectivity index (χ4v) is 3.91. The summed E-state index contributed by atoms with van der Waals surface area (Å²) in [4.78, 5) is 1.07. The van der Waals surface area contributed by atoms with Crippen LogP contribution in [0.5, 0.6) is 0 Å². The minimum atomic E-state index is -0.944. The van der Waals surface area contributed by atoms with Crippen LogP contribution in [-0.4, -0.2) is 6.54 Å². The summed E-state index contributed by atoms with van der Waals surface area (Å²) in [6.45, 7) is 0.918. The van der Waals surface area contributed by atoms with Crippen molar-refractivity contribution >= 4 is 33.0 Å². The third kappa shape index (κ3) is 2.19. The second-order valence-electron chi connectivity index (χ2n) is 4.42. The fourth-order valence-electron chi connectivity index (χ4n) is 2.37. The van der Waals surface area contributed by atoms with Crippen molar-refractivity contribution in [2.75, 3.05) is 11.9 Å². The van der Waals surface area contributed by atoms with E-state index < -0.39 is 6.17 Å². The number of halogens is 2. The maximum Gasteiger partial charge on any atom is 0.132 e. The maximum atomic E-state index is 14.5. The highest BCUT2D eigenvalue weighted by Gasteiger charge is 2.21. The van der Waals surface area contributed by atoms with Gasteiger partial charge in [-0.15, -0.1) is 11.3 Å². The van der Waals surface area contributed by atoms with E-state index >= 15 is 0 Å². The van der Waals surface area contributed by atoms with Crippen molar-refractivity contribution in [3.05, 3.63) is 50.1 Å². The Hall–Kier alpha value is -0.870. The van der Waals surface area contributed by atoms with Crippen LogP contribution in [-0.2, 0) is 12.8 Å². The van der Waals surface area contributed by atoms with Crippen LogP contribution in [0.15, 0.2) is 34.1 Å². The summed E-state index contributed by atoms with van der Waals surface area (Å²) in [5.74, 6) is 0. The molecule has 2 heterocycles. The Labute approximate surface area is 118 Å². The molecule has 0 saturated carbocycles. The summed E-state index contributed by atoms with van der Waals surface area (Å²) in [5, 5.41) is 5.28. The number of fused-ring (bicyclic) bond motifs is 1. The predicted molar refractivity (Wildman–Crippen MR) is 78.2 cm³/mol. The molecule has 1 aliphatic heterocycles. The van der Waals surface area contributed by atoms with Gasteiger partial charge in [-0.05, 0) is 39.4 Å². The predicted octanol–water partition coefficient (Wildman–Crippen LogP) is 4.73. The Kier molecular flexibility index (Phi) is 3.39. The Bertz CT molecular complexity index is 567. The number of para-hydroxylation sites is 1. The largest absolute Gasteiger partial charge is 0.384 e. The van der Waals surface area contributed by atoms with Crippen molar-refractivity contribution in [1.29, 1.82) is 0 Å². The van der Waals surface area contributed by atoms with Gasteiger partial charge in [0, 0.05) is 33.6 Å². The number of hydrogen-bond donors (Lipinski definition) is 1. The maximum absolute atomic E-state index is 14.5. The summed E-state index contributed by atoms with van der Waals surface area (Å²) >= 11 is 5.06. The molecule has 94 valence electrons. The molecular formula is C14H13BrFNS. The average Bonchev–Trinajstić information content (AvgIpc) is 2.98. The first-order valence-electron chi connectivity index (χ1n) is 5.97. The van der Waals surface area contributed by atoms with Crippen LogP contribution in [0.4, 0.5) is 10.1 Å². The van der Waals surface area contributed by atoms with Gasteiger partial charge < -0.3 is 5.32 Å². The van der Waals surface area contributed by atoms with Crippen LogP contribution >= 0.6 is 27.3 Å². The van der Waals surface area contributed by atoms with Gasteiger partial charge in [-0.3, -0.25) is 0 Å². The first-order valence-corrected chi connectivity index (χ1v) is 7.64. The number of thiophene rings is 1. The zero-order valence-electron chi connectivity index (χ0n) is 9.75. The van der Waals surface area contributed by atoms with E-state index in [0.29, 0.717) is 6.42 Å². The molecule has 0 amide bonds. The lowest BCUT2D eigenvalue weighted by Gasteiger charge is -2.13. The van der Waals surface area contributed by atoms with Crippen LogP contribution < -0.4 is 5.32 Å². The van der Waals surface area contributed by atoms with E-state index in [1.807, 2.05) is 23.6 Å². The summed E-state index contributed by atoms with van der Waals surface area (Å²) < 4.78 is 15.5. The molecule has 1 atom stereocenters. The van der Waals surface area contributed by atoms with E-state index in [1.165, 1.54) is 5.56 Å². The van der Waals surface area contributed by atoms with Gasteiger partial charge in [-0.2, -0.15) is 0 Å². The van der Waals surface area contributed by atoms with Crippen molar-refractivity contribution < 1.29 is 4.39 Å². The molecule has 1 nitrogen and oxygen atoms in total. The summed E-state index contributed by atoms with van der Waals surface area (Å²) in [7, 11) is 0. The summed E-state index contributed by atoms with van der Waals surface area (Å²) in [6.07, 6.45) is 0.495. The van der Waals surface area contributed by atoms with Crippen molar-refractivity contribution in [1.82, 2.24) is 0 Å². The molecule has 0 radical (unpaired) electrons. The highest BCUT2D eigenvalue weighted by atomic mass is 79.9. The molecule has 0 spiro atoms. The van der Waals surface area contributed by atoms with Crippen molar-refractivity contribution in [2.24, 2.45) is 0 Å². The molecule has 1 aromatic carbocycles. The van der Waals surface area contributed by atoms with Crippen LogP contribution in [0.25, 0.3) is 0 Å². The van der Waals surface area contributed by atoms with Crippen molar-refractivity contribution in [3.8, 4) is 0 Å². The number of hydrogen-bond acceptors (Lipinski definition) is 2. The molecule has 0 fully saturated rings. The minimum absolute atomic E-state index is 0.441. The molecule has 18 heavy (non-hydrogen) atoms. The molecule has 1 N–H and O–H groups in total. The number of benzene rings is 1. The van der Waals surface area contributed by atoms with Gasteiger partial charge in [0.1, 0.15) is 6.17 Å². The molecule has 0 aliphatic carbocycles. The molecule has 1 aromatic heterocycles. The lowest BCUT2D eigenvalue weighted by Crippen LogP contribution is -2.01. The van der Waals surface area contributed by atoms with Gasteiger partial charge in [-0.1, -0.05) is 18.2 Å². The topological polar surface area (TPSA) is 12.0 Å². The first kappa shape index (κ1) is 12.2. The van der Waals surface area contributed by atoms with Gasteiger partial charge in [0.2, 0.25) is 0 Å². The Morgan fingerprint density at radius 2 is 2.28 bits per heavy atom. The minimum Gasteiger partial charge on any atom is -0.384 e. The molecule has 0 bridgehead atoms. The van der Waals surface area contributed by atoms with Crippen molar-refractivity contribution in [3.63, 3.8) is 0 Å². The number of rotatable bonds is 3. The average molecular weight is 326 g/mol. The van der Waals surface area contributed by atoms with E-state index in [4.69, 9.17) is 0 Å². The van der Waals surface area contributed by atoms with E-state index in [0.717, 1.165) is 33.6 Å². The van der Waals surface area contributed by atoms with Crippen LogP contribution in [0.3, 0.4) is 0 Å². The van der Waals surface area contributed by atoms with E-state index in [1.54, 1.807) is 11.3 Å². The van der Waals surface area contributed by atoms with Gasteiger partial charge in [0.15, 0.2) is 0 Å². The summed E-state index contributed by atoms with van der Waals surface area (Å²) in [6, 6.07) is 7.90. The second-order valence-corrected chi connectivity index (χ2v) is 6.28. The zero-order chi connectivity index (χ0) is 12.5. The van der Waals surface area contributed by atoms with Crippen LogP contribution in [0, 0.1) is 0 Å². The zero-order valence-corrected chi connectivity index (χ0v) is 12.2. The van der Waals surface area contributed by atoms with Crippen molar-refractivity contribution in [2.45, 2.75) is 19.0 Å². The first-order chi connectivity index (χ1) is 8.75. The molecule has 0 saturated heterocycles. The number of anilines is 1. The van der Waals surface area contributed by atoms with Crippen LogP contribution in [0.1, 0.15) is 22.2 Å². The van der Waals surface area contributed by atoms with Gasteiger partial charge >= 0.3 is 0 Å².